The SMILES string of the molecule is CCCC[C@H](O)C1CCN(Cc2ccccn2)CC1. The van der Waals surface area contributed by atoms with Gasteiger partial charge >= 0.3 is 0 Å². The third kappa shape index (κ3) is 4.59. The Morgan fingerprint density at radius 3 is 2.79 bits per heavy atom. The van der Waals surface area contributed by atoms with Crippen LogP contribution in [0.25, 0.3) is 0 Å². The smallest absolute Gasteiger partial charge is 0.0569 e. The number of aliphatic hydroxyl groups excluding tert-OH is 1. The molecule has 1 N–H and O–H groups in total. The molecule has 1 aromatic rings. The van der Waals surface area contributed by atoms with E-state index >= 15 is 0 Å². The van der Waals surface area contributed by atoms with Crippen molar-refractivity contribution >= 4 is 0 Å². The second-order valence-corrected chi connectivity index (χ2v) is 5.64. The average Bonchev–Trinajstić information content (AvgIpc) is 2.46. The van der Waals surface area contributed by atoms with Crippen LogP contribution in [0.4, 0.5) is 0 Å². The number of rotatable bonds is 6. The number of nitrogens with zero attached hydrogens (tertiary/aromatic N) is 2. The van der Waals surface area contributed by atoms with Crippen molar-refractivity contribution in [3.63, 3.8) is 0 Å². The summed E-state index contributed by atoms with van der Waals surface area (Å²) in [4.78, 5) is 6.83. The summed E-state index contributed by atoms with van der Waals surface area (Å²) in [5, 5.41) is 10.2. The van der Waals surface area contributed by atoms with Crippen LogP contribution in [-0.4, -0.2) is 34.2 Å². The summed E-state index contributed by atoms with van der Waals surface area (Å²) in [6.45, 7) is 5.30. The Morgan fingerprint density at radius 1 is 1.37 bits per heavy atom. The number of pyridine rings is 1. The van der Waals surface area contributed by atoms with Crippen LogP contribution in [0.15, 0.2) is 24.4 Å². The van der Waals surface area contributed by atoms with Gasteiger partial charge < -0.3 is 5.11 Å². The Bertz CT molecular complexity index is 347. The lowest BCUT2D eigenvalue weighted by Crippen LogP contribution is -2.37. The van der Waals surface area contributed by atoms with Gasteiger partial charge in [-0.1, -0.05) is 25.8 Å². The summed E-state index contributed by atoms with van der Waals surface area (Å²) in [7, 11) is 0. The minimum atomic E-state index is -0.0862. The molecular weight excluding hydrogens is 236 g/mol. The fraction of sp³-hybridized carbons (Fsp3) is 0.688. The van der Waals surface area contributed by atoms with Gasteiger partial charge in [0.25, 0.3) is 0 Å². The van der Waals surface area contributed by atoms with Gasteiger partial charge in [0.2, 0.25) is 0 Å². The van der Waals surface area contributed by atoms with Crippen LogP contribution in [0.3, 0.4) is 0 Å². The Labute approximate surface area is 116 Å². The highest BCUT2D eigenvalue weighted by Crippen LogP contribution is 2.24. The quantitative estimate of drug-likeness (QED) is 0.856. The predicted octanol–water partition coefficient (Wildman–Crippen LogP) is 2.84. The molecule has 2 rings (SSSR count). The second-order valence-electron chi connectivity index (χ2n) is 5.64. The maximum absolute atomic E-state index is 10.2. The molecule has 1 fully saturated rings. The van der Waals surface area contributed by atoms with E-state index in [2.05, 4.69) is 22.9 Å². The zero-order valence-electron chi connectivity index (χ0n) is 12.0. The minimum Gasteiger partial charge on any atom is -0.393 e. The van der Waals surface area contributed by atoms with E-state index in [0.717, 1.165) is 51.0 Å². The monoisotopic (exact) mass is 262 g/mol. The van der Waals surface area contributed by atoms with Gasteiger partial charge in [-0.3, -0.25) is 9.88 Å². The van der Waals surface area contributed by atoms with E-state index in [0.29, 0.717) is 5.92 Å². The highest BCUT2D eigenvalue weighted by Gasteiger charge is 2.24. The molecule has 1 atom stereocenters. The number of hydrogen-bond donors (Lipinski definition) is 1. The first-order valence-corrected chi connectivity index (χ1v) is 7.60. The highest BCUT2D eigenvalue weighted by molar-refractivity contribution is 5.03. The summed E-state index contributed by atoms with van der Waals surface area (Å²) < 4.78 is 0. The highest BCUT2D eigenvalue weighted by atomic mass is 16.3. The zero-order valence-corrected chi connectivity index (χ0v) is 12.0. The Balaban J connectivity index is 1.73. The van der Waals surface area contributed by atoms with Crippen LogP contribution < -0.4 is 0 Å². The summed E-state index contributed by atoms with van der Waals surface area (Å²) in [6, 6.07) is 6.09. The van der Waals surface area contributed by atoms with Crippen LogP contribution in [0.5, 0.6) is 0 Å². The van der Waals surface area contributed by atoms with Crippen molar-refractivity contribution in [2.75, 3.05) is 13.1 Å². The fourth-order valence-electron chi connectivity index (χ4n) is 2.87. The zero-order chi connectivity index (χ0) is 13.5. The maximum atomic E-state index is 10.2. The molecule has 3 nitrogen and oxygen atoms in total. The third-order valence-corrected chi connectivity index (χ3v) is 4.14. The van der Waals surface area contributed by atoms with E-state index in [1.165, 1.54) is 6.42 Å². The van der Waals surface area contributed by atoms with E-state index in [-0.39, 0.29) is 6.10 Å². The van der Waals surface area contributed by atoms with Gasteiger partial charge in [-0.25, -0.2) is 0 Å². The topological polar surface area (TPSA) is 36.4 Å². The molecule has 0 saturated carbocycles. The van der Waals surface area contributed by atoms with Crippen LogP contribution in [0.1, 0.15) is 44.7 Å². The van der Waals surface area contributed by atoms with Gasteiger partial charge in [0.05, 0.1) is 11.8 Å². The molecule has 0 spiro atoms. The summed E-state index contributed by atoms with van der Waals surface area (Å²) in [6.07, 6.45) is 7.31. The van der Waals surface area contributed by atoms with Crippen molar-refractivity contribution in [3.8, 4) is 0 Å². The van der Waals surface area contributed by atoms with Crippen molar-refractivity contribution < 1.29 is 5.11 Å². The Hall–Kier alpha value is -0.930. The Morgan fingerprint density at radius 2 is 2.16 bits per heavy atom. The van der Waals surface area contributed by atoms with Crippen LogP contribution in [0, 0.1) is 5.92 Å². The molecule has 1 aliphatic rings. The molecule has 3 heteroatoms. The molecule has 1 aliphatic heterocycles. The molecule has 1 aromatic heterocycles. The first kappa shape index (κ1) is 14.5. The first-order chi connectivity index (χ1) is 9.29. The lowest BCUT2D eigenvalue weighted by atomic mass is 9.88. The molecule has 0 bridgehead atoms. The fourth-order valence-corrected chi connectivity index (χ4v) is 2.87. The number of aromatic nitrogens is 1. The van der Waals surface area contributed by atoms with Gasteiger partial charge in [0, 0.05) is 12.7 Å². The van der Waals surface area contributed by atoms with Crippen molar-refractivity contribution in [3.05, 3.63) is 30.1 Å². The first-order valence-electron chi connectivity index (χ1n) is 7.60. The van der Waals surface area contributed by atoms with Gasteiger partial charge in [-0.15, -0.1) is 0 Å². The molecule has 0 amide bonds. The predicted molar refractivity (Wildman–Crippen MR) is 77.8 cm³/mol. The van der Waals surface area contributed by atoms with E-state index in [1.54, 1.807) is 0 Å². The largest absolute Gasteiger partial charge is 0.393 e. The molecule has 19 heavy (non-hydrogen) atoms. The Kier molecular flexibility index (Phi) is 5.80. The average molecular weight is 262 g/mol. The molecule has 0 radical (unpaired) electrons. The van der Waals surface area contributed by atoms with Crippen LogP contribution in [-0.2, 0) is 6.54 Å². The third-order valence-electron chi connectivity index (χ3n) is 4.14. The van der Waals surface area contributed by atoms with Gasteiger partial charge in [0.1, 0.15) is 0 Å². The summed E-state index contributed by atoms with van der Waals surface area (Å²) in [5.74, 6) is 0.506. The van der Waals surface area contributed by atoms with Crippen molar-refractivity contribution in [1.82, 2.24) is 9.88 Å². The second kappa shape index (κ2) is 7.61. The standard InChI is InChI=1S/C16H26N2O/c1-2-3-7-16(19)14-8-11-18(12-9-14)13-15-6-4-5-10-17-15/h4-6,10,14,16,19H,2-3,7-9,11-13H2,1H3/t16-/m0/s1. The van der Waals surface area contributed by atoms with Gasteiger partial charge in [-0.05, 0) is 50.4 Å². The van der Waals surface area contributed by atoms with Gasteiger partial charge in [-0.2, -0.15) is 0 Å². The molecular formula is C16H26N2O. The van der Waals surface area contributed by atoms with Crippen molar-refractivity contribution in [2.45, 2.75) is 51.7 Å². The number of piperidine rings is 1. The van der Waals surface area contributed by atoms with E-state index < -0.39 is 0 Å². The molecule has 2 heterocycles. The molecule has 106 valence electrons. The molecule has 0 unspecified atom stereocenters. The number of unbranched alkanes of at least 4 members (excludes halogenated alkanes) is 1. The maximum Gasteiger partial charge on any atom is 0.0569 e. The van der Waals surface area contributed by atoms with Crippen LogP contribution in [0.2, 0.25) is 0 Å². The molecule has 1 saturated heterocycles. The molecule has 0 aliphatic carbocycles. The molecule has 0 aromatic carbocycles. The van der Waals surface area contributed by atoms with Crippen molar-refractivity contribution in [2.24, 2.45) is 5.92 Å². The van der Waals surface area contributed by atoms with E-state index in [1.807, 2.05) is 18.3 Å². The number of likely N-dealkylation sites (tertiary alicyclic amines) is 1. The van der Waals surface area contributed by atoms with E-state index in [4.69, 9.17) is 0 Å². The number of aliphatic hydroxyl groups is 1. The number of hydrogen-bond acceptors (Lipinski definition) is 3. The van der Waals surface area contributed by atoms with Crippen LogP contribution >= 0.6 is 0 Å². The lowest BCUT2D eigenvalue weighted by molar-refractivity contribution is 0.0500. The minimum absolute atomic E-state index is 0.0862. The van der Waals surface area contributed by atoms with Gasteiger partial charge in [0.15, 0.2) is 0 Å². The summed E-state index contributed by atoms with van der Waals surface area (Å²) in [5.41, 5.74) is 1.15. The van der Waals surface area contributed by atoms with Crippen molar-refractivity contribution in [1.29, 1.82) is 0 Å². The summed E-state index contributed by atoms with van der Waals surface area (Å²) >= 11 is 0. The normalized spacial score (nSPS) is 19.5. The lowest BCUT2D eigenvalue weighted by Gasteiger charge is -2.34. The van der Waals surface area contributed by atoms with E-state index in [9.17, 15) is 5.11 Å².